The average Bonchev–Trinajstić information content (AvgIpc) is 2.49. The SMILES string of the molecule is Cc1cc(C)c(S(=O)(=O)N[C@H](CC/C=C(\Br)COS(C)(=O)=O)C(C)C)c(C)c1. The second-order valence-corrected chi connectivity index (χ2v) is 11.7. The van der Waals surface area contributed by atoms with Crippen molar-refractivity contribution in [2.45, 2.75) is 58.4 Å². The molecular weight excluding hydrogens is 466 g/mol. The third-order valence-electron chi connectivity index (χ3n) is 4.24. The molecule has 0 amide bonds. The molecule has 0 radical (unpaired) electrons. The normalized spacial score (nSPS) is 14.5. The molecule has 28 heavy (non-hydrogen) atoms. The molecular formula is C19H30BrNO5S2. The lowest BCUT2D eigenvalue weighted by Gasteiger charge is -2.23. The molecule has 1 rings (SSSR count). The van der Waals surface area contributed by atoms with Gasteiger partial charge in [0.1, 0.15) is 0 Å². The summed E-state index contributed by atoms with van der Waals surface area (Å²) in [6.45, 7) is 9.42. The topological polar surface area (TPSA) is 89.5 Å². The average molecular weight is 496 g/mol. The van der Waals surface area contributed by atoms with E-state index in [9.17, 15) is 16.8 Å². The van der Waals surface area contributed by atoms with Crippen LogP contribution in [0, 0.1) is 26.7 Å². The number of aryl methyl sites for hydroxylation is 3. The van der Waals surface area contributed by atoms with Gasteiger partial charge in [-0.2, -0.15) is 8.42 Å². The highest BCUT2D eigenvalue weighted by Gasteiger charge is 2.25. The fourth-order valence-electron chi connectivity index (χ4n) is 3.02. The smallest absolute Gasteiger partial charge is 0.264 e. The van der Waals surface area contributed by atoms with E-state index in [1.807, 2.05) is 32.9 Å². The maximum absolute atomic E-state index is 13.0. The molecule has 0 aromatic heterocycles. The van der Waals surface area contributed by atoms with Crippen molar-refractivity contribution in [2.75, 3.05) is 12.9 Å². The molecule has 1 aromatic carbocycles. The van der Waals surface area contributed by atoms with Crippen LogP contribution in [0.5, 0.6) is 0 Å². The summed E-state index contributed by atoms with van der Waals surface area (Å²) in [6, 6.07) is 3.48. The zero-order valence-electron chi connectivity index (χ0n) is 17.2. The number of nitrogens with one attached hydrogen (secondary N) is 1. The van der Waals surface area contributed by atoms with Crippen LogP contribution in [-0.2, 0) is 24.3 Å². The Morgan fingerprint density at radius 2 is 1.68 bits per heavy atom. The molecule has 0 heterocycles. The Labute approximate surface area is 178 Å². The molecule has 1 N–H and O–H groups in total. The highest BCUT2D eigenvalue weighted by atomic mass is 79.9. The van der Waals surface area contributed by atoms with Gasteiger partial charge in [-0.05, 0) is 50.7 Å². The van der Waals surface area contributed by atoms with Gasteiger partial charge in [-0.1, -0.05) is 53.5 Å². The molecule has 9 heteroatoms. The lowest BCUT2D eigenvalue weighted by atomic mass is 10.0. The van der Waals surface area contributed by atoms with E-state index in [0.29, 0.717) is 22.2 Å². The minimum Gasteiger partial charge on any atom is -0.265 e. The standard InChI is InChI=1S/C19H30BrNO5S2/c1-13(2)18(9-7-8-17(20)12-26-27(6,22)23)21-28(24,25)19-15(4)10-14(3)11-16(19)5/h8,10-11,13,18,21H,7,9,12H2,1-6H3/b17-8-/t18-/m1/s1. The molecule has 0 aliphatic heterocycles. The first-order chi connectivity index (χ1) is 12.7. The van der Waals surface area contributed by atoms with Gasteiger partial charge in [-0.3, -0.25) is 4.18 Å². The first-order valence-electron chi connectivity index (χ1n) is 9.02. The number of rotatable bonds is 10. The van der Waals surface area contributed by atoms with Crippen LogP contribution in [0.25, 0.3) is 0 Å². The maximum Gasteiger partial charge on any atom is 0.264 e. The quantitative estimate of drug-likeness (QED) is 0.496. The van der Waals surface area contributed by atoms with Crippen molar-refractivity contribution in [1.29, 1.82) is 0 Å². The Bertz CT molecular complexity index is 899. The molecule has 0 fully saturated rings. The molecule has 0 aliphatic carbocycles. The highest BCUT2D eigenvalue weighted by Crippen LogP contribution is 2.23. The summed E-state index contributed by atoms with van der Waals surface area (Å²) in [4.78, 5) is 0.335. The van der Waals surface area contributed by atoms with Gasteiger partial charge < -0.3 is 0 Å². The van der Waals surface area contributed by atoms with Crippen molar-refractivity contribution in [1.82, 2.24) is 4.72 Å². The van der Waals surface area contributed by atoms with Crippen molar-refractivity contribution in [2.24, 2.45) is 5.92 Å². The third kappa shape index (κ3) is 8.32. The monoisotopic (exact) mass is 495 g/mol. The summed E-state index contributed by atoms with van der Waals surface area (Å²) in [5, 5.41) is 0. The summed E-state index contributed by atoms with van der Waals surface area (Å²) in [5.74, 6) is 0.0975. The van der Waals surface area contributed by atoms with Crippen molar-refractivity contribution in [3.8, 4) is 0 Å². The predicted octanol–water partition coefficient (Wildman–Crippen LogP) is 3.95. The lowest BCUT2D eigenvalue weighted by Crippen LogP contribution is -2.39. The Morgan fingerprint density at radius 3 is 2.14 bits per heavy atom. The molecule has 0 aliphatic rings. The summed E-state index contributed by atoms with van der Waals surface area (Å²) in [5.41, 5.74) is 2.49. The highest BCUT2D eigenvalue weighted by molar-refractivity contribution is 9.11. The Balaban J connectivity index is 2.88. The Hall–Kier alpha value is -0.740. The van der Waals surface area contributed by atoms with Crippen LogP contribution in [0.3, 0.4) is 0 Å². The van der Waals surface area contributed by atoms with E-state index in [4.69, 9.17) is 4.18 Å². The summed E-state index contributed by atoms with van der Waals surface area (Å²) < 4.78 is 56.2. The van der Waals surface area contributed by atoms with Crippen molar-refractivity contribution in [3.63, 3.8) is 0 Å². The van der Waals surface area contributed by atoms with Crippen LogP contribution >= 0.6 is 15.9 Å². The predicted molar refractivity (Wildman–Crippen MR) is 117 cm³/mol. The van der Waals surface area contributed by atoms with E-state index in [0.717, 1.165) is 22.9 Å². The first kappa shape index (κ1) is 25.3. The van der Waals surface area contributed by atoms with E-state index in [1.165, 1.54) is 0 Å². The zero-order valence-corrected chi connectivity index (χ0v) is 20.5. The Morgan fingerprint density at radius 1 is 1.14 bits per heavy atom. The second-order valence-electron chi connectivity index (χ2n) is 7.39. The lowest BCUT2D eigenvalue weighted by molar-refractivity contribution is 0.359. The van der Waals surface area contributed by atoms with Crippen LogP contribution in [0.15, 0.2) is 27.6 Å². The van der Waals surface area contributed by atoms with E-state index < -0.39 is 20.1 Å². The fourth-order valence-corrected chi connectivity index (χ4v) is 5.73. The van der Waals surface area contributed by atoms with Crippen LogP contribution in [0.2, 0.25) is 0 Å². The molecule has 0 bridgehead atoms. The van der Waals surface area contributed by atoms with Crippen molar-refractivity contribution >= 4 is 36.1 Å². The molecule has 160 valence electrons. The number of allylic oxidation sites excluding steroid dienone is 1. The van der Waals surface area contributed by atoms with E-state index in [-0.39, 0.29) is 18.6 Å². The van der Waals surface area contributed by atoms with Gasteiger partial charge in [0.05, 0.1) is 17.8 Å². The van der Waals surface area contributed by atoms with E-state index in [2.05, 4.69) is 20.7 Å². The van der Waals surface area contributed by atoms with Crippen LogP contribution < -0.4 is 4.72 Å². The summed E-state index contributed by atoms with van der Waals surface area (Å²) >= 11 is 3.27. The summed E-state index contributed by atoms with van der Waals surface area (Å²) in [7, 11) is -7.15. The largest absolute Gasteiger partial charge is 0.265 e. The number of sulfonamides is 1. The van der Waals surface area contributed by atoms with Crippen LogP contribution in [-0.4, -0.2) is 35.7 Å². The Kier molecular flexibility index (Phi) is 9.34. The van der Waals surface area contributed by atoms with Gasteiger partial charge in [0.15, 0.2) is 0 Å². The number of benzene rings is 1. The van der Waals surface area contributed by atoms with Gasteiger partial charge in [0.2, 0.25) is 10.0 Å². The minimum absolute atomic E-state index is 0.0708. The van der Waals surface area contributed by atoms with Gasteiger partial charge >= 0.3 is 0 Å². The maximum atomic E-state index is 13.0. The van der Waals surface area contributed by atoms with Gasteiger partial charge in [-0.15, -0.1) is 0 Å². The van der Waals surface area contributed by atoms with E-state index >= 15 is 0 Å². The molecule has 0 saturated carbocycles. The fraction of sp³-hybridized carbons (Fsp3) is 0.579. The first-order valence-corrected chi connectivity index (χ1v) is 13.1. The molecule has 0 spiro atoms. The van der Waals surface area contributed by atoms with Crippen LogP contribution in [0.4, 0.5) is 0 Å². The number of hydrogen-bond donors (Lipinski definition) is 1. The molecule has 1 atom stereocenters. The second kappa shape index (κ2) is 10.3. The minimum atomic E-state index is -3.65. The number of hydrogen-bond acceptors (Lipinski definition) is 5. The molecule has 6 nitrogen and oxygen atoms in total. The molecule has 0 saturated heterocycles. The number of halogens is 1. The zero-order chi connectivity index (χ0) is 21.7. The van der Waals surface area contributed by atoms with Gasteiger partial charge in [0.25, 0.3) is 10.1 Å². The summed E-state index contributed by atoms with van der Waals surface area (Å²) in [6.07, 6.45) is 3.95. The molecule has 0 unspecified atom stereocenters. The van der Waals surface area contributed by atoms with Crippen molar-refractivity contribution in [3.05, 3.63) is 39.4 Å². The van der Waals surface area contributed by atoms with E-state index in [1.54, 1.807) is 19.9 Å². The van der Waals surface area contributed by atoms with Crippen LogP contribution in [0.1, 0.15) is 43.4 Å². The third-order valence-corrected chi connectivity index (χ3v) is 7.13. The van der Waals surface area contributed by atoms with Crippen molar-refractivity contribution < 1.29 is 21.0 Å². The van der Waals surface area contributed by atoms with Gasteiger partial charge in [0, 0.05) is 10.5 Å². The van der Waals surface area contributed by atoms with Gasteiger partial charge in [-0.25, -0.2) is 13.1 Å². The molecule has 1 aromatic rings.